The Kier molecular flexibility index (Phi) is 6.04. The highest BCUT2D eigenvalue weighted by Crippen LogP contribution is 2.31. The maximum atomic E-state index is 13.6. The molecule has 4 rings (SSSR count). The van der Waals surface area contributed by atoms with E-state index in [1.807, 2.05) is 30.3 Å². The largest absolute Gasteiger partial charge is 0.464 e. The van der Waals surface area contributed by atoms with Crippen molar-refractivity contribution in [3.8, 4) is 0 Å². The summed E-state index contributed by atoms with van der Waals surface area (Å²) in [5, 5.41) is 7.45. The van der Waals surface area contributed by atoms with Crippen LogP contribution in [0, 0.1) is 5.92 Å². The van der Waals surface area contributed by atoms with Crippen molar-refractivity contribution in [2.45, 2.75) is 64.2 Å². The summed E-state index contributed by atoms with van der Waals surface area (Å²) < 4.78 is 6.22. The third-order valence-corrected chi connectivity index (χ3v) is 6.72. The van der Waals surface area contributed by atoms with Crippen LogP contribution < -0.4 is 5.32 Å². The topological polar surface area (TPSA) is 93.5 Å². The molecule has 170 valence electrons. The molecule has 1 N–H and O–H groups in total. The van der Waals surface area contributed by atoms with Crippen molar-refractivity contribution in [3.05, 3.63) is 53.3 Å². The number of esters is 1. The minimum Gasteiger partial charge on any atom is -0.464 e. The molecule has 1 saturated carbocycles. The van der Waals surface area contributed by atoms with Gasteiger partial charge in [0.05, 0.1) is 13.7 Å². The number of ether oxygens (including phenoxy) is 1. The number of hydrogen-bond donors (Lipinski definition) is 1. The lowest BCUT2D eigenvalue weighted by molar-refractivity contribution is -0.134. The van der Waals surface area contributed by atoms with Gasteiger partial charge in [-0.25, -0.2) is 4.79 Å². The summed E-state index contributed by atoms with van der Waals surface area (Å²) in [5.41, 5.74) is 0.106. The van der Waals surface area contributed by atoms with E-state index < -0.39 is 11.5 Å². The van der Waals surface area contributed by atoms with Gasteiger partial charge in [-0.3, -0.25) is 14.3 Å². The second-order valence-electron chi connectivity index (χ2n) is 9.15. The van der Waals surface area contributed by atoms with E-state index in [0.717, 1.165) is 31.2 Å². The van der Waals surface area contributed by atoms with E-state index in [9.17, 15) is 14.4 Å². The summed E-state index contributed by atoms with van der Waals surface area (Å²) in [5.74, 6) is -0.468. The van der Waals surface area contributed by atoms with Crippen LogP contribution in [0.4, 0.5) is 0 Å². The van der Waals surface area contributed by atoms with Gasteiger partial charge in [-0.05, 0) is 44.1 Å². The maximum Gasteiger partial charge on any atom is 0.358 e. The van der Waals surface area contributed by atoms with E-state index in [-0.39, 0.29) is 42.3 Å². The lowest BCUT2D eigenvalue weighted by Crippen LogP contribution is -2.64. The van der Waals surface area contributed by atoms with E-state index in [2.05, 4.69) is 17.3 Å². The monoisotopic (exact) mass is 438 g/mol. The minimum absolute atomic E-state index is 0.0569. The molecule has 1 atom stereocenters. The van der Waals surface area contributed by atoms with Gasteiger partial charge in [-0.15, -0.1) is 0 Å². The van der Waals surface area contributed by atoms with E-state index in [0.29, 0.717) is 5.92 Å². The van der Waals surface area contributed by atoms with Gasteiger partial charge in [0.15, 0.2) is 5.69 Å². The summed E-state index contributed by atoms with van der Waals surface area (Å²) in [7, 11) is 1.27. The van der Waals surface area contributed by atoms with Gasteiger partial charge < -0.3 is 15.0 Å². The van der Waals surface area contributed by atoms with E-state index in [1.165, 1.54) is 17.9 Å². The van der Waals surface area contributed by atoms with Crippen molar-refractivity contribution in [2.24, 2.45) is 5.92 Å². The fourth-order valence-corrected chi connectivity index (χ4v) is 4.61. The van der Waals surface area contributed by atoms with Gasteiger partial charge >= 0.3 is 5.97 Å². The number of carbonyl (C=O) groups excluding carboxylic acids is 3. The Hall–Kier alpha value is -3.16. The smallest absolute Gasteiger partial charge is 0.358 e. The molecule has 8 nitrogen and oxygen atoms in total. The summed E-state index contributed by atoms with van der Waals surface area (Å²) in [6.07, 6.45) is 4.05. The number of carbonyl (C=O) groups is 3. The molecule has 1 aromatic carbocycles. The molecule has 32 heavy (non-hydrogen) atoms. The predicted octanol–water partition coefficient (Wildman–Crippen LogP) is 2.78. The molecule has 0 saturated heterocycles. The zero-order chi connectivity index (χ0) is 22.9. The van der Waals surface area contributed by atoms with Gasteiger partial charge in [0.25, 0.3) is 5.91 Å². The number of aromatic nitrogens is 2. The lowest BCUT2D eigenvalue weighted by Gasteiger charge is -2.44. The van der Waals surface area contributed by atoms with Gasteiger partial charge in [-0.1, -0.05) is 37.3 Å². The highest BCUT2D eigenvalue weighted by Gasteiger charge is 2.48. The number of fused-ring (bicyclic) bond motifs is 1. The SMILES string of the molecule is COC(=O)c1cc2n(n1)C[C@@](C)(C(=O)NC1CCC(C)CC1)N(Cc1ccccc1)C2=O. The molecule has 2 aromatic rings. The molecular formula is C24H30N4O4. The number of methoxy groups -OCH3 is 1. The Morgan fingerprint density at radius 3 is 2.53 bits per heavy atom. The number of rotatable bonds is 5. The molecule has 0 radical (unpaired) electrons. The van der Waals surface area contributed by atoms with Crippen LogP contribution in [0.25, 0.3) is 0 Å². The predicted molar refractivity (Wildman–Crippen MR) is 118 cm³/mol. The average molecular weight is 439 g/mol. The van der Waals surface area contributed by atoms with Crippen LogP contribution in [0.15, 0.2) is 36.4 Å². The van der Waals surface area contributed by atoms with E-state index in [4.69, 9.17) is 4.74 Å². The van der Waals surface area contributed by atoms with Crippen LogP contribution in [0.5, 0.6) is 0 Å². The molecule has 2 amide bonds. The Morgan fingerprint density at radius 1 is 1.19 bits per heavy atom. The highest BCUT2D eigenvalue weighted by molar-refractivity contribution is 6.01. The van der Waals surface area contributed by atoms with E-state index in [1.54, 1.807) is 11.8 Å². The standard InChI is InChI=1S/C24H30N4O4/c1-16-9-11-18(12-10-16)25-23(31)24(2)15-28-20(13-19(26-28)22(30)32-3)21(29)27(24)14-17-7-5-4-6-8-17/h4-8,13,16,18H,9-12,14-15H2,1-3H3,(H,25,31)/t16?,18?,24-/m0/s1. The normalized spacial score (nSPS) is 25.2. The first-order chi connectivity index (χ1) is 15.3. The molecule has 8 heteroatoms. The lowest BCUT2D eigenvalue weighted by atomic mass is 9.86. The van der Waals surface area contributed by atoms with Crippen molar-refractivity contribution < 1.29 is 19.1 Å². The van der Waals surface area contributed by atoms with Crippen LogP contribution in [0.1, 0.15) is 66.1 Å². The molecule has 1 fully saturated rings. The third-order valence-electron chi connectivity index (χ3n) is 6.72. The van der Waals surface area contributed by atoms with Crippen molar-refractivity contribution in [1.29, 1.82) is 0 Å². The number of hydrogen-bond acceptors (Lipinski definition) is 5. The molecular weight excluding hydrogens is 408 g/mol. The molecule has 1 aliphatic heterocycles. The first kappa shape index (κ1) is 22.0. The zero-order valence-electron chi connectivity index (χ0n) is 18.8. The second-order valence-corrected chi connectivity index (χ2v) is 9.15. The van der Waals surface area contributed by atoms with Crippen molar-refractivity contribution in [3.63, 3.8) is 0 Å². The van der Waals surface area contributed by atoms with Crippen molar-refractivity contribution in [1.82, 2.24) is 20.0 Å². The maximum absolute atomic E-state index is 13.6. The van der Waals surface area contributed by atoms with Crippen LogP contribution >= 0.6 is 0 Å². The summed E-state index contributed by atoms with van der Waals surface area (Å²) >= 11 is 0. The van der Waals surface area contributed by atoms with Gasteiger partial charge in [0.1, 0.15) is 11.2 Å². The van der Waals surface area contributed by atoms with Crippen LogP contribution in [0.3, 0.4) is 0 Å². The van der Waals surface area contributed by atoms with Crippen molar-refractivity contribution in [2.75, 3.05) is 7.11 Å². The number of nitrogens with one attached hydrogen (secondary N) is 1. The van der Waals surface area contributed by atoms with Gasteiger partial charge in [-0.2, -0.15) is 5.10 Å². The van der Waals surface area contributed by atoms with E-state index >= 15 is 0 Å². The molecule has 1 aromatic heterocycles. The van der Waals surface area contributed by atoms with Crippen molar-refractivity contribution >= 4 is 17.8 Å². The minimum atomic E-state index is -1.15. The highest BCUT2D eigenvalue weighted by atomic mass is 16.5. The summed E-state index contributed by atoms with van der Waals surface area (Å²) in [6, 6.07) is 11.1. The first-order valence-corrected chi connectivity index (χ1v) is 11.1. The zero-order valence-corrected chi connectivity index (χ0v) is 18.8. The fourth-order valence-electron chi connectivity index (χ4n) is 4.61. The quantitative estimate of drug-likeness (QED) is 0.725. The number of benzene rings is 1. The Labute approximate surface area is 187 Å². The van der Waals surface area contributed by atoms with Crippen LogP contribution in [-0.2, 0) is 22.6 Å². The van der Waals surface area contributed by atoms with Crippen LogP contribution in [-0.4, -0.2) is 51.2 Å². The number of amides is 2. The molecule has 2 heterocycles. The Balaban J connectivity index is 1.66. The van der Waals surface area contributed by atoms with Gasteiger partial charge in [0.2, 0.25) is 5.91 Å². The Morgan fingerprint density at radius 2 is 1.88 bits per heavy atom. The van der Waals surface area contributed by atoms with Crippen LogP contribution in [0.2, 0.25) is 0 Å². The second kappa shape index (κ2) is 8.76. The molecule has 0 unspecified atom stereocenters. The molecule has 2 aliphatic rings. The summed E-state index contributed by atoms with van der Waals surface area (Å²) in [4.78, 5) is 40.7. The summed E-state index contributed by atoms with van der Waals surface area (Å²) in [6.45, 7) is 4.45. The number of nitrogens with zero attached hydrogens (tertiary/aromatic N) is 3. The Bertz CT molecular complexity index is 1010. The first-order valence-electron chi connectivity index (χ1n) is 11.1. The average Bonchev–Trinajstić information content (AvgIpc) is 3.22. The van der Waals surface area contributed by atoms with Gasteiger partial charge in [0, 0.05) is 18.7 Å². The molecule has 0 bridgehead atoms. The fraction of sp³-hybridized carbons (Fsp3) is 0.500. The molecule has 1 aliphatic carbocycles. The molecule has 0 spiro atoms. The third kappa shape index (κ3) is 4.13.